The quantitative estimate of drug-likeness (QED) is 0.296. The SMILES string of the molecule is C=C[C@@H](OCc1ccccc1)C1OCc2cc3ccccc3cc2COCC(O)[C@@H]1OCc1ccccc1. The average Bonchev–Trinajstić information content (AvgIpc) is 2.96. The molecule has 4 aromatic carbocycles. The van der Waals surface area contributed by atoms with Crippen LogP contribution in [0.2, 0.25) is 0 Å². The van der Waals surface area contributed by atoms with Gasteiger partial charge in [0.2, 0.25) is 0 Å². The van der Waals surface area contributed by atoms with Crippen molar-refractivity contribution in [3.63, 3.8) is 0 Å². The van der Waals surface area contributed by atoms with E-state index in [1.165, 1.54) is 0 Å². The minimum Gasteiger partial charge on any atom is -0.388 e. The van der Waals surface area contributed by atoms with Gasteiger partial charge in [0.25, 0.3) is 0 Å². The lowest BCUT2D eigenvalue weighted by molar-refractivity contribution is -0.180. The van der Waals surface area contributed by atoms with Crippen LogP contribution in [0, 0.1) is 0 Å². The maximum atomic E-state index is 11.3. The molecule has 0 spiro atoms. The Labute approximate surface area is 224 Å². The molecule has 1 heterocycles. The average molecular weight is 511 g/mol. The van der Waals surface area contributed by atoms with Crippen molar-refractivity contribution >= 4 is 10.8 Å². The van der Waals surface area contributed by atoms with Crippen LogP contribution in [-0.4, -0.2) is 36.1 Å². The first-order chi connectivity index (χ1) is 18.7. The van der Waals surface area contributed by atoms with Crippen molar-refractivity contribution < 1.29 is 24.1 Å². The number of hydrogen-bond acceptors (Lipinski definition) is 5. The van der Waals surface area contributed by atoms with Crippen molar-refractivity contribution in [3.8, 4) is 0 Å². The minimum atomic E-state index is -0.923. The number of fused-ring (bicyclic) bond motifs is 2. The molecule has 196 valence electrons. The zero-order chi connectivity index (χ0) is 26.2. The third-order valence-electron chi connectivity index (χ3n) is 6.88. The molecular weight excluding hydrogens is 476 g/mol. The number of hydrogen-bond donors (Lipinski definition) is 1. The predicted molar refractivity (Wildman–Crippen MR) is 148 cm³/mol. The molecule has 0 bridgehead atoms. The third-order valence-corrected chi connectivity index (χ3v) is 6.88. The van der Waals surface area contributed by atoms with E-state index >= 15 is 0 Å². The Morgan fingerprint density at radius 3 is 2.03 bits per heavy atom. The molecule has 0 saturated heterocycles. The van der Waals surface area contributed by atoms with Crippen molar-refractivity contribution in [1.82, 2.24) is 0 Å². The number of benzene rings is 4. The molecule has 4 aromatic rings. The smallest absolute Gasteiger partial charge is 0.116 e. The van der Waals surface area contributed by atoms with Crippen LogP contribution in [-0.2, 0) is 45.4 Å². The Morgan fingerprint density at radius 1 is 0.816 bits per heavy atom. The minimum absolute atomic E-state index is 0.105. The van der Waals surface area contributed by atoms with Gasteiger partial charge in [-0.3, -0.25) is 0 Å². The second-order valence-corrected chi connectivity index (χ2v) is 9.58. The van der Waals surface area contributed by atoms with Crippen LogP contribution in [0.1, 0.15) is 22.3 Å². The zero-order valence-electron chi connectivity index (χ0n) is 21.4. The lowest BCUT2D eigenvalue weighted by atomic mass is 9.99. The molecule has 1 aliphatic rings. The Hall–Kier alpha value is -3.32. The summed E-state index contributed by atoms with van der Waals surface area (Å²) in [6.07, 6.45) is -1.03. The van der Waals surface area contributed by atoms with Gasteiger partial charge >= 0.3 is 0 Å². The molecule has 0 aliphatic carbocycles. The first-order valence-electron chi connectivity index (χ1n) is 13.0. The van der Waals surface area contributed by atoms with Crippen LogP contribution in [0.4, 0.5) is 0 Å². The lowest BCUT2D eigenvalue weighted by Crippen LogP contribution is -2.49. The molecule has 0 saturated carbocycles. The summed E-state index contributed by atoms with van der Waals surface area (Å²) in [5.74, 6) is 0. The Bertz CT molecular complexity index is 1310. The highest BCUT2D eigenvalue weighted by Crippen LogP contribution is 2.27. The van der Waals surface area contributed by atoms with Crippen LogP contribution in [0.25, 0.3) is 10.8 Å². The van der Waals surface area contributed by atoms with Crippen molar-refractivity contribution in [2.75, 3.05) is 6.61 Å². The number of aliphatic hydroxyl groups excluding tert-OH is 1. The summed E-state index contributed by atoms with van der Waals surface area (Å²) in [5.41, 5.74) is 4.13. The molecule has 5 heteroatoms. The monoisotopic (exact) mass is 510 g/mol. The second kappa shape index (κ2) is 13.0. The zero-order valence-corrected chi connectivity index (χ0v) is 21.4. The van der Waals surface area contributed by atoms with E-state index in [9.17, 15) is 5.11 Å². The van der Waals surface area contributed by atoms with E-state index in [1.54, 1.807) is 6.08 Å². The summed E-state index contributed by atoms with van der Waals surface area (Å²) in [5, 5.41) is 13.6. The molecule has 38 heavy (non-hydrogen) atoms. The van der Waals surface area contributed by atoms with Gasteiger partial charge in [0.15, 0.2) is 0 Å². The van der Waals surface area contributed by atoms with Crippen LogP contribution in [0.5, 0.6) is 0 Å². The van der Waals surface area contributed by atoms with Gasteiger partial charge in [0, 0.05) is 0 Å². The van der Waals surface area contributed by atoms with Gasteiger partial charge in [0.05, 0.1) is 33.0 Å². The fourth-order valence-corrected chi connectivity index (χ4v) is 4.81. The number of rotatable bonds is 8. The molecule has 1 aliphatic heterocycles. The van der Waals surface area contributed by atoms with Crippen molar-refractivity contribution in [3.05, 3.63) is 132 Å². The maximum absolute atomic E-state index is 11.3. The van der Waals surface area contributed by atoms with Gasteiger partial charge in [-0.15, -0.1) is 6.58 Å². The highest BCUT2D eigenvalue weighted by molar-refractivity contribution is 5.84. The summed E-state index contributed by atoms with van der Waals surface area (Å²) in [7, 11) is 0. The maximum Gasteiger partial charge on any atom is 0.116 e. The highest BCUT2D eigenvalue weighted by atomic mass is 16.6. The van der Waals surface area contributed by atoms with Gasteiger partial charge < -0.3 is 24.1 Å². The molecule has 0 fully saturated rings. The number of aliphatic hydroxyl groups is 1. The third kappa shape index (κ3) is 6.57. The van der Waals surface area contributed by atoms with Crippen LogP contribution in [0.3, 0.4) is 0 Å². The topological polar surface area (TPSA) is 57.2 Å². The van der Waals surface area contributed by atoms with E-state index in [4.69, 9.17) is 18.9 Å². The largest absolute Gasteiger partial charge is 0.388 e. The fourth-order valence-electron chi connectivity index (χ4n) is 4.81. The molecule has 0 aromatic heterocycles. The summed E-state index contributed by atoms with van der Waals surface area (Å²) in [6, 6.07) is 32.4. The molecule has 0 radical (unpaired) electrons. The summed E-state index contributed by atoms with van der Waals surface area (Å²) < 4.78 is 25.2. The van der Waals surface area contributed by atoms with Crippen molar-refractivity contribution in [1.29, 1.82) is 0 Å². The van der Waals surface area contributed by atoms with Crippen LogP contribution < -0.4 is 0 Å². The van der Waals surface area contributed by atoms with E-state index in [2.05, 4.69) is 30.8 Å². The van der Waals surface area contributed by atoms with Gasteiger partial charge in [-0.25, -0.2) is 0 Å². The van der Waals surface area contributed by atoms with Gasteiger partial charge in [-0.05, 0) is 45.2 Å². The van der Waals surface area contributed by atoms with E-state index in [0.29, 0.717) is 26.4 Å². The van der Waals surface area contributed by atoms with Crippen molar-refractivity contribution in [2.45, 2.75) is 50.8 Å². The first kappa shape index (κ1) is 26.3. The van der Waals surface area contributed by atoms with Crippen LogP contribution >= 0.6 is 0 Å². The highest BCUT2D eigenvalue weighted by Gasteiger charge is 2.36. The first-order valence-corrected chi connectivity index (χ1v) is 13.0. The molecule has 4 atom stereocenters. The summed E-state index contributed by atoms with van der Waals surface area (Å²) in [6.45, 7) is 5.56. The van der Waals surface area contributed by atoms with Crippen LogP contribution in [0.15, 0.2) is 110 Å². The van der Waals surface area contributed by atoms with E-state index < -0.39 is 24.4 Å². The van der Waals surface area contributed by atoms with E-state index in [-0.39, 0.29) is 6.61 Å². The van der Waals surface area contributed by atoms with Gasteiger partial charge in [-0.1, -0.05) is 91.0 Å². The molecule has 5 rings (SSSR count). The summed E-state index contributed by atoms with van der Waals surface area (Å²) in [4.78, 5) is 0. The fraction of sp³-hybridized carbons (Fsp3) is 0.273. The normalized spacial score (nSPS) is 20.9. The van der Waals surface area contributed by atoms with E-state index in [1.807, 2.05) is 72.8 Å². The van der Waals surface area contributed by atoms with Gasteiger partial charge in [-0.2, -0.15) is 0 Å². The Kier molecular flexibility index (Phi) is 8.97. The second-order valence-electron chi connectivity index (χ2n) is 9.58. The molecule has 1 N–H and O–H groups in total. The lowest BCUT2D eigenvalue weighted by Gasteiger charge is -2.35. The predicted octanol–water partition coefficient (Wildman–Crippen LogP) is 5.97. The summed E-state index contributed by atoms with van der Waals surface area (Å²) >= 11 is 0. The molecular formula is C33H34O5. The number of ether oxygens (including phenoxy) is 4. The van der Waals surface area contributed by atoms with E-state index in [0.717, 1.165) is 33.0 Å². The molecule has 5 nitrogen and oxygen atoms in total. The van der Waals surface area contributed by atoms with Gasteiger partial charge in [0.1, 0.15) is 24.4 Å². The van der Waals surface area contributed by atoms with Crippen molar-refractivity contribution in [2.24, 2.45) is 0 Å². The molecule has 0 amide bonds. The Balaban J connectivity index is 1.43. The Morgan fingerprint density at radius 2 is 1.39 bits per heavy atom. The molecule has 2 unspecified atom stereocenters. The standard InChI is InChI=1S/C33H34O5/c1-2-31(36-19-24-11-5-3-6-12-24)33-32(37-20-25-13-7-4-8-14-25)30(34)23-35-21-28-17-26-15-9-10-16-27(26)18-29(28)22-38-33/h2-18,30-34H,1,19-23H2/t30?,31-,32+,33?/m1/s1.